The topological polar surface area (TPSA) is 53.2 Å². The minimum absolute atomic E-state index is 0.182. The third kappa shape index (κ3) is 2.08. The molecular weight excluding hydrogens is 178 g/mol. The van der Waals surface area contributed by atoms with Crippen molar-refractivity contribution in [1.29, 1.82) is 5.26 Å². The first-order valence-corrected chi connectivity index (χ1v) is 5.33. The zero-order valence-corrected chi connectivity index (χ0v) is 8.99. The summed E-state index contributed by atoms with van der Waals surface area (Å²) in [6.45, 7) is 5.08. The van der Waals surface area contributed by atoms with Crippen LogP contribution in [0.25, 0.3) is 0 Å². The summed E-state index contributed by atoms with van der Waals surface area (Å²) in [4.78, 5) is 0. The molecule has 3 heteroatoms. The van der Waals surface area contributed by atoms with E-state index in [2.05, 4.69) is 13.0 Å². The lowest BCUT2D eigenvalue weighted by Gasteiger charge is -2.30. The molecule has 1 aliphatic heterocycles. The fourth-order valence-corrected chi connectivity index (χ4v) is 2.13. The van der Waals surface area contributed by atoms with Crippen molar-refractivity contribution >= 4 is 0 Å². The van der Waals surface area contributed by atoms with Gasteiger partial charge in [0.2, 0.25) is 0 Å². The van der Waals surface area contributed by atoms with E-state index in [0.717, 1.165) is 12.8 Å². The molecule has 3 unspecified atom stereocenters. The maximum atomic E-state index is 10.1. The number of hydrogen-bond acceptors (Lipinski definition) is 3. The molecule has 0 aromatic carbocycles. The average Bonchev–Trinajstić information content (AvgIpc) is 2.66. The van der Waals surface area contributed by atoms with E-state index in [1.54, 1.807) is 0 Å². The van der Waals surface area contributed by atoms with Crippen LogP contribution in [0, 0.1) is 22.7 Å². The van der Waals surface area contributed by atoms with Crippen LogP contribution < -0.4 is 0 Å². The second-order valence-electron chi connectivity index (χ2n) is 4.28. The Balaban J connectivity index is 2.65. The normalized spacial score (nSPS) is 31.0. The predicted molar refractivity (Wildman–Crippen MR) is 53.6 cm³/mol. The monoisotopic (exact) mass is 197 g/mol. The summed E-state index contributed by atoms with van der Waals surface area (Å²) in [7, 11) is 0. The Morgan fingerprint density at radius 3 is 2.79 bits per heavy atom. The van der Waals surface area contributed by atoms with Crippen LogP contribution in [0.3, 0.4) is 0 Å². The van der Waals surface area contributed by atoms with Crippen molar-refractivity contribution in [3.05, 3.63) is 0 Å². The Kier molecular flexibility index (Phi) is 3.91. The second-order valence-corrected chi connectivity index (χ2v) is 4.28. The number of ether oxygens (including phenoxy) is 1. The lowest BCUT2D eigenvalue weighted by atomic mass is 9.76. The molecule has 0 spiro atoms. The minimum atomic E-state index is -0.644. The van der Waals surface area contributed by atoms with E-state index < -0.39 is 11.5 Å². The van der Waals surface area contributed by atoms with Gasteiger partial charge in [-0.15, -0.1) is 0 Å². The van der Waals surface area contributed by atoms with Crippen LogP contribution in [0.2, 0.25) is 0 Å². The molecule has 0 aromatic heterocycles. The lowest BCUT2D eigenvalue weighted by molar-refractivity contribution is 0.00952. The Labute approximate surface area is 85.7 Å². The minimum Gasteiger partial charge on any atom is -0.391 e. The SMILES string of the molecule is CCCC(C)C(O)C1(C#N)CCOC1. The van der Waals surface area contributed by atoms with Crippen LogP contribution in [0.5, 0.6) is 0 Å². The number of rotatable bonds is 4. The highest BCUT2D eigenvalue weighted by Gasteiger charge is 2.44. The van der Waals surface area contributed by atoms with Gasteiger partial charge in [0.25, 0.3) is 0 Å². The molecule has 1 rings (SSSR count). The smallest absolute Gasteiger partial charge is 0.109 e. The molecule has 80 valence electrons. The third-order valence-electron chi connectivity index (χ3n) is 3.12. The van der Waals surface area contributed by atoms with Crippen molar-refractivity contribution in [2.45, 2.75) is 39.2 Å². The molecular formula is C11H19NO2. The van der Waals surface area contributed by atoms with E-state index >= 15 is 0 Å². The summed E-state index contributed by atoms with van der Waals surface area (Å²) in [5.74, 6) is 0.182. The van der Waals surface area contributed by atoms with Gasteiger partial charge in [-0.05, 0) is 18.8 Å². The first-order chi connectivity index (χ1) is 6.66. The van der Waals surface area contributed by atoms with Gasteiger partial charge in [-0.3, -0.25) is 0 Å². The van der Waals surface area contributed by atoms with Crippen LogP contribution in [-0.2, 0) is 4.74 Å². The number of nitriles is 1. The van der Waals surface area contributed by atoms with Crippen molar-refractivity contribution in [3.8, 4) is 6.07 Å². The highest BCUT2D eigenvalue weighted by Crippen LogP contribution is 2.36. The quantitative estimate of drug-likeness (QED) is 0.746. The Morgan fingerprint density at radius 1 is 1.64 bits per heavy atom. The molecule has 0 saturated carbocycles. The van der Waals surface area contributed by atoms with Gasteiger partial charge < -0.3 is 9.84 Å². The molecule has 3 nitrogen and oxygen atoms in total. The van der Waals surface area contributed by atoms with E-state index in [4.69, 9.17) is 10.00 Å². The third-order valence-corrected chi connectivity index (χ3v) is 3.12. The lowest BCUT2D eigenvalue weighted by Crippen LogP contribution is -2.39. The van der Waals surface area contributed by atoms with Gasteiger partial charge in [0, 0.05) is 6.61 Å². The maximum Gasteiger partial charge on any atom is 0.109 e. The standard InChI is InChI=1S/C11H19NO2/c1-3-4-9(2)10(13)11(7-12)5-6-14-8-11/h9-10,13H,3-6,8H2,1-2H3. The molecule has 0 aliphatic carbocycles. The first kappa shape index (κ1) is 11.5. The van der Waals surface area contributed by atoms with Crippen molar-refractivity contribution in [3.63, 3.8) is 0 Å². The van der Waals surface area contributed by atoms with E-state index in [-0.39, 0.29) is 5.92 Å². The highest BCUT2D eigenvalue weighted by atomic mass is 16.5. The summed E-state index contributed by atoms with van der Waals surface area (Å²) in [5.41, 5.74) is -0.644. The molecule has 1 aliphatic rings. The van der Waals surface area contributed by atoms with Crippen LogP contribution in [0.15, 0.2) is 0 Å². The molecule has 1 heterocycles. The van der Waals surface area contributed by atoms with Gasteiger partial charge in [0.05, 0.1) is 18.8 Å². The fourth-order valence-electron chi connectivity index (χ4n) is 2.13. The average molecular weight is 197 g/mol. The molecule has 1 fully saturated rings. The van der Waals surface area contributed by atoms with Crippen molar-refractivity contribution in [1.82, 2.24) is 0 Å². The van der Waals surface area contributed by atoms with E-state index in [9.17, 15) is 5.11 Å². The molecule has 0 aromatic rings. The van der Waals surface area contributed by atoms with E-state index in [0.29, 0.717) is 19.6 Å². The zero-order valence-electron chi connectivity index (χ0n) is 8.99. The Morgan fingerprint density at radius 2 is 2.36 bits per heavy atom. The second kappa shape index (κ2) is 4.77. The van der Waals surface area contributed by atoms with Gasteiger partial charge in [0.15, 0.2) is 0 Å². The highest BCUT2D eigenvalue weighted by molar-refractivity contribution is 5.07. The summed E-state index contributed by atoms with van der Waals surface area (Å²) in [5, 5.41) is 19.2. The van der Waals surface area contributed by atoms with Gasteiger partial charge in [-0.2, -0.15) is 5.26 Å². The van der Waals surface area contributed by atoms with Gasteiger partial charge in [-0.1, -0.05) is 20.3 Å². The molecule has 1 saturated heterocycles. The summed E-state index contributed by atoms with van der Waals surface area (Å²) in [6, 6.07) is 2.24. The number of hydrogen-bond donors (Lipinski definition) is 1. The van der Waals surface area contributed by atoms with Gasteiger partial charge >= 0.3 is 0 Å². The predicted octanol–water partition coefficient (Wildman–Crippen LogP) is 1.71. The van der Waals surface area contributed by atoms with Crippen LogP contribution in [0.1, 0.15) is 33.1 Å². The van der Waals surface area contributed by atoms with E-state index in [1.165, 1.54) is 0 Å². The number of aliphatic hydroxyl groups is 1. The van der Waals surface area contributed by atoms with Crippen LogP contribution >= 0.6 is 0 Å². The van der Waals surface area contributed by atoms with Crippen molar-refractivity contribution in [2.75, 3.05) is 13.2 Å². The van der Waals surface area contributed by atoms with Crippen LogP contribution in [-0.4, -0.2) is 24.4 Å². The molecule has 14 heavy (non-hydrogen) atoms. The van der Waals surface area contributed by atoms with Gasteiger partial charge in [-0.25, -0.2) is 0 Å². The van der Waals surface area contributed by atoms with Crippen molar-refractivity contribution in [2.24, 2.45) is 11.3 Å². The molecule has 3 atom stereocenters. The molecule has 0 bridgehead atoms. The largest absolute Gasteiger partial charge is 0.391 e. The summed E-state index contributed by atoms with van der Waals surface area (Å²) >= 11 is 0. The van der Waals surface area contributed by atoms with Gasteiger partial charge in [0.1, 0.15) is 5.41 Å². The fraction of sp³-hybridized carbons (Fsp3) is 0.909. The van der Waals surface area contributed by atoms with E-state index in [1.807, 2.05) is 6.92 Å². The molecule has 1 N–H and O–H groups in total. The number of aliphatic hydroxyl groups excluding tert-OH is 1. The van der Waals surface area contributed by atoms with Crippen LogP contribution in [0.4, 0.5) is 0 Å². The number of nitrogens with zero attached hydrogens (tertiary/aromatic N) is 1. The Hall–Kier alpha value is -0.590. The first-order valence-electron chi connectivity index (χ1n) is 5.33. The summed E-state index contributed by atoms with van der Waals surface area (Å²) in [6.07, 6.45) is 2.12. The van der Waals surface area contributed by atoms with Crippen molar-refractivity contribution < 1.29 is 9.84 Å². The molecule has 0 amide bonds. The maximum absolute atomic E-state index is 10.1. The molecule has 0 radical (unpaired) electrons. The Bertz CT molecular complexity index is 216. The zero-order chi connectivity index (χ0) is 10.6. The summed E-state index contributed by atoms with van der Waals surface area (Å²) < 4.78 is 5.22.